The van der Waals surface area contributed by atoms with Crippen molar-refractivity contribution in [2.45, 2.75) is 83.6 Å². The molecular formula is C15H27NO3. The molecule has 3 unspecified atom stereocenters. The number of hydrogen-bond acceptors (Lipinski definition) is 3. The Morgan fingerprint density at radius 1 is 1.47 bits per heavy atom. The van der Waals surface area contributed by atoms with Crippen molar-refractivity contribution in [1.82, 2.24) is 4.90 Å². The molecule has 4 atom stereocenters. The number of ether oxygens (including phenoxy) is 1. The summed E-state index contributed by atoms with van der Waals surface area (Å²) in [6, 6.07) is 0.250. The van der Waals surface area contributed by atoms with Crippen molar-refractivity contribution in [3.05, 3.63) is 0 Å². The van der Waals surface area contributed by atoms with Crippen LogP contribution in [-0.4, -0.2) is 39.4 Å². The molecule has 1 N–H and O–H groups in total. The van der Waals surface area contributed by atoms with E-state index >= 15 is 0 Å². The number of hydrogen-bond donors (Lipinski definition) is 1. The highest BCUT2D eigenvalue weighted by Crippen LogP contribution is 2.52. The average molecular weight is 269 g/mol. The first kappa shape index (κ1) is 14.6. The number of nitrogens with zero attached hydrogens (tertiary/aromatic N) is 1. The molecule has 0 aromatic rings. The van der Waals surface area contributed by atoms with Crippen LogP contribution in [0.25, 0.3) is 0 Å². The maximum absolute atomic E-state index is 12.4. The van der Waals surface area contributed by atoms with E-state index in [0.717, 1.165) is 19.3 Å². The van der Waals surface area contributed by atoms with E-state index in [1.165, 1.54) is 0 Å². The summed E-state index contributed by atoms with van der Waals surface area (Å²) in [5, 5.41) is 10.4. The zero-order chi connectivity index (χ0) is 14.4. The van der Waals surface area contributed by atoms with Gasteiger partial charge in [0.25, 0.3) is 0 Å². The molecule has 1 saturated carbocycles. The van der Waals surface area contributed by atoms with Gasteiger partial charge in [-0.05, 0) is 52.4 Å². The molecule has 2 bridgehead atoms. The minimum atomic E-state index is -0.481. The number of aliphatic hydroxyl groups is 1. The molecule has 0 spiro atoms. The van der Waals surface area contributed by atoms with Crippen molar-refractivity contribution in [2.24, 2.45) is 5.92 Å². The summed E-state index contributed by atoms with van der Waals surface area (Å²) in [5.74, 6) is 0.568. The van der Waals surface area contributed by atoms with Gasteiger partial charge in [0.05, 0.1) is 11.6 Å². The van der Waals surface area contributed by atoms with Crippen LogP contribution < -0.4 is 0 Å². The summed E-state index contributed by atoms with van der Waals surface area (Å²) < 4.78 is 5.51. The predicted molar refractivity (Wildman–Crippen MR) is 73.9 cm³/mol. The third kappa shape index (κ3) is 2.47. The van der Waals surface area contributed by atoms with Crippen molar-refractivity contribution >= 4 is 6.09 Å². The molecule has 4 nitrogen and oxygen atoms in total. The van der Waals surface area contributed by atoms with Gasteiger partial charge in [-0.25, -0.2) is 4.79 Å². The minimum absolute atomic E-state index is 0.250. The zero-order valence-electron chi connectivity index (χ0n) is 12.8. The third-order valence-electron chi connectivity index (χ3n) is 4.41. The molecule has 110 valence electrons. The van der Waals surface area contributed by atoms with E-state index in [9.17, 15) is 9.90 Å². The van der Waals surface area contributed by atoms with Gasteiger partial charge in [-0.1, -0.05) is 13.8 Å². The largest absolute Gasteiger partial charge is 0.444 e. The van der Waals surface area contributed by atoms with E-state index in [4.69, 9.17) is 4.74 Å². The third-order valence-corrected chi connectivity index (χ3v) is 4.41. The van der Waals surface area contributed by atoms with E-state index in [-0.39, 0.29) is 17.7 Å². The maximum Gasteiger partial charge on any atom is 0.411 e. The molecule has 2 heterocycles. The average Bonchev–Trinajstić information content (AvgIpc) is 2.23. The fraction of sp³-hybridized carbons (Fsp3) is 0.933. The fourth-order valence-electron chi connectivity index (χ4n) is 3.83. The molecular weight excluding hydrogens is 242 g/mol. The van der Waals surface area contributed by atoms with Gasteiger partial charge in [-0.3, -0.25) is 4.90 Å². The lowest BCUT2D eigenvalue weighted by Gasteiger charge is -2.64. The minimum Gasteiger partial charge on any atom is -0.444 e. The normalized spacial score (nSPS) is 35.6. The molecule has 4 heteroatoms. The van der Waals surface area contributed by atoms with Crippen LogP contribution in [0.1, 0.15) is 60.3 Å². The second kappa shape index (κ2) is 4.65. The topological polar surface area (TPSA) is 49.8 Å². The fourth-order valence-corrected chi connectivity index (χ4v) is 3.83. The Bertz CT molecular complexity index is 363. The number of carbonyl (C=O) groups is 1. The van der Waals surface area contributed by atoms with Crippen LogP contribution >= 0.6 is 0 Å². The Morgan fingerprint density at radius 3 is 2.63 bits per heavy atom. The summed E-state index contributed by atoms with van der Waals surface area (Å²) in [7, 11) is 0. The Hall–Kier alpha value is -0.770. The Morgan fingerprint density at radius 2 is 2.11 bits per heavy atom. The van der Waals surface area contributed by atoms with Crippen LogP contribution in [0.4, 0.5) is 4.79 Å². The maximum atomic E-state index is 12.4. The molecule has 1 amide bonds. The molecule has 3 aliphatic rings. The molecule has 3 fully saturated rings. The lowest BCUT2D eigenvalue weighted by molar-refractivity contribution is -0.172. The van der Waals surface area contributed by atoms with Gasteiger partial charge in [0.1, 0.15) is 5.60 Å². The van der Waals surface area contributed by atoms with Crippen LogP contribution in [0.15, 0.2) is 0 Å². The molecule has 1 aliphatic carbocycles. The zero-order valence-corrected chi connectivity index (χ0v) is 12.8. The SMILES string of the molecule is CC[C@H](O)C12CC(C)CC(C1)N2C(=O)OC(C)(C)C. The van der Waals surface area contributed by atoms with Gasteiger partial charge < -0.3 is 9.84 Å². The van der Waals surface area contributed by atoms with Gasteiger partial charge in [-0.15, -0.1) is 0 Å². The van der Waals surface area contributed by atoms with Crippen LogP contribution in [0, 0.1) is 5.92 Å². The highest BCUT2D eigenvalue weighted by atomic mass is 16.6. The molecule has 2 saturated heterocycles. The second-order valence-electron chi connectivity index (χ2n) is 7.28. The molecule has 0 aromatic heterocycles. The summed E-state index contributed by atoms with van der Waals surface area (Å²) in [5.41, 5.74) is -0.857. The summed E-state index contributed by atoms with van der Waals surface area (Å²) in [6.07, 6.45) is 2.81. The van der Waals surface area contributed by atoms with E-state index in [0.29, 0.717) is 12.3 Å². The lowest BCUT2D eigenvalue weighted by Crippen LogP contribution is -2.76. The van der Waals surface area contributed by atoms with E-state index in [1.807, 2.05) is 32.6 Å². The van der Waals surface area contributed by atoms with E-state index < -0.39 is 11.7 Å². The van der Waals surface area contributed by atoms with E-state index in [2.05, 4.69) is 6.92 Å². The first-order valence-electron chi connectivity index (χ1n) is 7.40. The Labute approximate surface area is 116 Å². The summed E-state index contributed by atoms with van der Waals surface area (Å²) in [6.45, 7) is 9.82. The van der Waals surface area contributed by atoms with Gasteiger partial charge >= 0.3 is 6.09 Å². The smallest absolute Gasteiger partial charge is 0.411 e. The quantitative estimate of drug-likeness (QED) is 0.838. The molecule has 0 radical (unpaired) electrons. The van der Waals surface area contributed by atoms with Gasteiger partial charge in [0, 0.05) is 6.04 Å². The number of fused-ring (bicyclic) bond motifs is 2. The highest BCUT2D eigenvalue weighted by molar-refractivity contribution is 5.71. The van der Waals surface area contributed by atoms with Crippen LogP contribution in [-0.2, 0) is 4.74 Å². The first-order chi connectivity index (χ1) is 8.69. The number of aliphatic hydroxyl groups excluding tert-OH is 1. The van der Waals surface area contributed by atoms with Gasteiger partial charge in [0.15, 0.2) is 0 Å². The summed E-state index contributed by atoms with van der Waals surface area (Å²) in [4.78, 5) is 14.2. The highest BCUT2D eigenvalue weighted by Gasteiger charge is 2.62. The Kier molecular flexibility index (Phi) is 3.58. The lowest BCUT2D eigenvalue weighted by atomic mass is 9.61. The number of rotatable bonds is 2. The summed E-state index contributed by atoms with van der Waals surface area (Å²) >= 11 is 0. The van der Waals surface area contributed by atoms with Crippen LogP contribution in [0.2, 0.25) is 0 Å². The van der Waals surface area contributed by atoms with Crippen molar-refractivity contribution in [3.63, 3.8) is 0 Å². The second-order valence-corrected chi connectivity index (χ2v) is 7.28. The van der Waals surface area contributed by atoms with Crippen molar-refractivity contribution in [3.8, 4) is 0 Å². The molecule has 0 aromatic carbocycles. The van der Waals surface area contributed by atoms with Crippen molar-refractivity contribution in [2.75, 3.05) is 0 Å². The van der Waals surface area contributed by atoms with Gasteiger partial charge in [-0.2, -0.15) is 0 Å². The van der Waals surface area contributed by atoms with Gasteiger partial charge in [0.2, 0.25) is 0 Å². The van der Waals surface area contributed by atoms with Crippen LogP contribution in [0.3, 0.4) is 0 Å². The molecule has 19 heavy (non-hydrogen) atoms. The number of carbonyl (C=O) groups excluding carboxylic acids is 1. The van der Waals surface area contributed by atoms with Crippen molar-refractivity contribution in [1.29, 1.82) is 0 Å². The van der Waals surface area contributed by atoms with Crippen LogP contribution in [0.5, 0.6) is 0 Å². The monoisotopic (exact) mass is 269 g/mol. The van der Waals surface area contributed by atoms with E-state index in [1.54, 1.807) is 0 Å². The molecule has 2 aliphatic heterocycles. The number of piperidine rings is 1. The van der Waals surface area contributed by atoms with Crippen molar-refractivity contribution < 1.29 is 14.6 Å². The predicted octanol–water partition coefficient (Wildman–Crippen LogP) is 2.94. The number of amides is 1. The molecule has 3 rings (SSSR count). The first-order valence-corrected chi connectivity index (χ1v) is 7.40. The Balaban J connectivity index is 2.18. The standard InChI is InChI=1S/C15H27NO3/c1-6-12(17)15-8-10(2)7-11(9-15)16(15)13(18)19-14(3,4)5/h10-12,17H,6-9H2,1-5H3/t10?,11?,12-,15?/m0/s1.